The van der Waals surface area contributed by atoms with E-state index in [9.17, 15) is 9.00 Å². The number of carbonyl (C=O) groups is 1. The highest BCUT2D eigenvalue weighted by Gasteiger charge is 2.23. The molecule has 0 aromatic carbocycles. The van der Waals surface area contributed by atoms with Gasteiger partial charge in [0.05, 0.1) is 6.54 Å². The van der Waals surface area contributed by atoms with Gasteiger partial charge >= 0.3 is 0 Å². The van der Waals surface area contributed by atoms with Crippen molar-refractivity contribution in [3.8, 4) is 0 Å². The molecule has 1 fully saturated rings. The monoisotopic (exact) mass is 330 g/mol. The van der Waals surface area contributed by atoms with Gasteiger partial charge in [0.1, 0.15) is 0 Å². The van der Waals surface area contributed by atoms with Crippen LogP contribution in [0.4, 0.5) is 0 Å². The smallest absolute Gasteiger partial charge is 0.222 e. The zero-order valence-corrected chi connectivity index (χ0v) is 15.3. The second kappa shape index (κ2) is 8.50. The molecule has 0 aliphatic carbocycles. The van der Waals surface area contributed by atoms with Crippen molar-refractivity contribution in [1.29, 1.82) is 0 Å². The molecule has 1 amide bonds. The molecule has 0 saturated carbocycles. The van der Waals surface area contributed by atoms with Gasteiger partial charge in [-0.2, -0.15) is 0 Å². The summed E-state index contributed by atoms with van der Waals surface area (Å²) in [7, 11) is 0.936. The maximum absolute atomic E-state index is 12.0. The van der Waals surface area contributed by atoms with Crippen LogP contribution >= 0.6 is 0 Å². The first-order chi connectivity index (χ1) is 10.2. The second-order valence-corrected chi connectivity index (χ2v) is 8.90. The van der Waals surface area contributed by atoms with Gasteiger partial charge in [-0.05, 0) is 34.1 Å². The second-order valence-electron chi connectivity index (χ2n) is 6.58. The van der Waals surface area contributed by atoms with Crippen molar-refractivity contribution >= 4 is 22.7 Å². The molecule has 6 nitrogen and oxygen atoms in total. The molecule has 2 N–H and O–H groups in total. The molecule has 0 aromatic heterocycles. The van der Waals surface area contributed by atoms with Gasteiger partial charge in [-0.15, -0.1) is 0 Å². The number of amides is 1. The third kappa shape index (κ3) is 6.34. The van der Waals surface area contributed by atoms with Crippen LogP contribution in [0.1, 0.15) is 40.5 Å². The normalized spacial score (nSPS) is 21.7. The van der Waals surface area contributed by atoms with E-state index in [-0.39, 0.29) is 16.7 Å². The summed E-state index contributed by atoms with van der Waals surface area (Å²) >= 11 is 0. The largest absolute Gasteiger partial charge is 0.357 e. The highest BCUT2D eigenvalue weighted by Crippen LogP contribution is 2.11. The van der Waals surface area contributed by atoms with Gasteiger partial charge in [-0.25, -0.2) is 0 Å². The fraction of sp³-hybridized carbons (Fsp3) is 0.867. The van der Waals surface area contributed by atoms with E-state index in [1.54, 1.807) is 4.90 Å². The Bertz CT molecular complexity index is 432. The van der Waals surface area contributed by atoms with E-state index in [4.69, 9.17) is 0 Å². The van der Waals surface area contributed by atoms with E-state index < -0.39 is 10.8 Å². The number of hydrogen-bond donors (Lipinski definition) is 2. The third-order valence-electron chi connectivity index (χ3n) is 3.54. The van der Waals surface area contributed by atoms with Crippen molar-refractivity contribution in [2.24, 2.45) is 4.99 Å². The lowest BCUT2D eigenvalue weighted by molar-refractivity contribution is -0.132. The van der Waals surface area contributed by atoms with E-state index in [1.165, 1.54) is 0 Å². The fourth-order valence-corrected chi connectivity index (χ4v) is 3.06. The Balaban J connectivity index is 2.52. The summed E-state index contributed by atoms with van der Waals surface area (Å²) in [6, 6.07) is 0.216. The van der Waals surface area contributed by atoms with E-state index in [2.05, 4.69) is 15.6 Å². The van der Waals surface area contributed by atoms with Crippen LogP contribution in [-0.2, 0) is 15.6 Å². The van der Waals surface area contributed by atoms with E-state index >= 15 is 0 Å². The summed E-state index contributed by atoms with van der Waals surface area (Å²) in [5.41, 5.74) is 0. The van der Waals surface area contributed by atoms with Gasteiger partial charge in [0.15, 0.2) is 5.96 Å². The molecule has 22 heavy (non-hydrogen) atoms. The number of piperidine rings is 1. The summed E-state index contributed by atoms with van der Waals surface area (Å²) in [5.74, 6) is 1.49. The van der Waals surface area contributed by atoms with Crippen LogP contribution in [0, 0.1) is 0 Å². The lowest BCUT2D eigenvalue weighted by Gasteiger charge is -2.31. The van der Waals surface area contributed by atoms with Crippen LogP contribution in [0.25, 0.3) is 0 Å². The van der Waals surface area contributed by atoms with Gasteiger partial charge in [0.25, 0.3) is 0 Å². The molecule has 1 rings (SSSR count). The van der Waals surface area contributed by atoms with Crippen molar-refractivity contribution in [3.63, 3.8) is 0 Å². The Labute approximate surface area is 136 Å². The van der Waals surface area contributed by atoms with Gasteiger partial charge in [0, 0.05) is 53.9 Å². The summed E-state index contributed by atoms with van der Waals surface area (Å²) in [5, 5.41) is 6.57. The maximum atomic E-state index is 12.0. The number of likely N-dealkylation sites (tertiary alicyclic amines) is 1. The van der Waals surface area contributed by atoms with Crippen LogP contribution in [0.5, 0.6) is 0 Å². The molecule has 0 spiro atoms. The Hall–Kier alpha value is -1.11. The zero-order valence-electron chi connectivity index (χ0n) is 14.4. The Morgan fingerprint density at radius 3 is 2.68 bits per heavy atom. The van der Waals surface area contributed by atoms with Crippen LogP contribution in [0.3, 0.4) is 0 Å². The van der Waals surface area contributed by atoms with Gasteiger partial charge in [0.2, 0.25) is 5.91 Å². The molecule has 1 aliphatic rings. The topological polar surface area (TPSA) is 73.8 Å². The summed E-state index contributed by atoms with van der Waals surface area (Å²) < 4.78 is 11.8. The molecular formula is C15H30N4O2S. The standard InChI is InChI=1S/C15H30N4O2S/c1-6-16-14(17-9-10-22(21)15(2,3)4)18-12-7-8-13(20)19(5)11-12/h12H,6-11H2,1-5H3,(H2,16,17,18). The number of guanidine groups is 1. The average molecular weight is 330 g/mol. The first kappa shape index (κ1) is 18.9. The highest BCUT2D eigenvalue weighted by atomic mass is 32.2. The summed E-state index contributed by atoms with van der Waals surface area (Å²) in [6.45, 7) is 9.94. The quantitative estimate of drug-likeness (QED) is 0.575. The SMILES string of the molecule is CCNC(=NCCS(=O)C(C)(C)C)NC1CCC(=O)N(C)C1. The zero-order chi connectivity index (χ0) is 16.8. The number of aliphatic imine (C=N–C) groups is 1. The van der Waals surface area contributed by atoms with E-state index in [1.807, 2.05) is 34.7 Å². The molecule has 0 radical (unpaired) electrons. The fourth-order valence-electron chi connectivity index (χ4n) is 2.19. The van der Waals surface area contributed by atoms with Gasteiger partial charge in [-0.1, -0.05) is 0 Å². The minimum absolute atomic E-state index is 0.195. The minimum atomic E-state index is -0.890. The molecule has 2 unspecified atom stereocenters. The van der Waals surface area contributed by atoms with Crippen LogP contribution in [0.15, 0.2) is 4.99 Å². The minimum Gasteiger partial charge on any atom is -0.357 e. The number of likely N-dealkylation sites (N-methyl/N-ethyl adjacent to an activating group) is 1. The first-order valence-corrected chi connectivity index (χ1v) is 9.23. The van der Waals surface area contributed by atoms with Crippen molar-refractivity contribution in [3.05, 3.63) is 0 Å². The summed E-state index contributed by atoms with van der Waals surface area (Å²) in [4.78, 5) is 17.8. The Kier molecular flexibility index (Phi) is 7.32. The van der Waals surface area contributed by atoms with E-state index in [0.717, 1.165) is 18.9 Å². The van der Waals surface area contributed by atoms with Gasteiger partial charge < -0.3 is 15.5 Å². The molecular weight excluding hydrogens is 300 g/mol. The van der Waals surface area contributed by atoms with Crippen molar-refractivity contribution in [1.82, 2.24) is 15.5 Å². The van der Waals surface area contributed by atoms with Crippen LogP contribution < -0.4 is 10.6 Å². The van der Waals surface area contributed by atoms with Crippen molar-refractivity contribution in [2.75, 3.05) is 32.4 Å². The molecule has 0 aromatic rings. The number of nitrogens with one attached hydrogen (secondary N) is 2. The van der Waals surface area contributed by atoms with E-state index in [0.29, 0.717) is 25.3 Å². The first-order valence-electron chi connectivity index (χ1n) is 7.91. The predicted molar refractivity (Wildman–Crippen MR) is 92.5 cm³/mol. The summed E-state index contributed by atoms with van der Waals surface area (Å²) in [6.07, 6.45) is 1.39. The third-order valence-corrected chi connectivity index (χ3v) is 5.46. The molecule has 1 heterocycles. The lowest BCUT2D eigenvalue weighted by Crippen LogP contribution is -2.51. The van der Waals surface area contributed by atoms with Crippen LogP contribution in [0.2, 0.25) is 0 Å². The highest BCUT2D eigenvalue weighted by molar-refractivity contribution is 7.86. The number of carbonyl (C=O) groups excluding carboxylic acids is 1. The lowest BCUT2D eigenvalue weighted by atomic mass is 10.1. The number of nitrogens with zero attached hydrogens (tertiary/aromatic N) is 2. The molecule has 7 heteroatoms. The number of rotatable bonds is 5. The Morgan fingerprint density at radius 2 is 2.14 bits per heavy atom. The maximum Gasteiger partial charge on any atom is 0.222 e. The van der Waals surface area contributed by atoms with Crippen molar-refractivity contribution in [2.45, 2.75) is 51.3 Å². The average Bonchev–Trinajstić information content (AvgIpc) is 2.42. The Morgan fingerprint density at radius 1 is 1.45 bits per heavy atom. The molecule has 1 aliphatic heterocycles. The van der Waals surface area contributed by atoms with Crippen molar-refractivity contribution < 1.29 is 9.00 Å². The number of hydrogen-bond acceptors (Lipinski definition) is 3. The molecule has 128 valence electrons. The molecule has 2 atom stereocenters. The molecule has 0 bridgehead atoms. The predicted octanol–water partition coefficient (Wildman–Crippen LogP) is 0.710. The van der Waals surface area contributed by atoms with Crippen LogP contribution in [-0.4, -0.2) is 64.2 Å². The molecule has 1 saturated heterocycles. The van der Waals surface area contributed by atoms with Gasteiger partial charge in [-0.3, -0.25) is 14.0 Å².